The van der Waals surface area contributed by atoms with Gasteiger partial charge in [-0.3, -0.25) is 0 Å². The predicted octanol–water partition coefficient (Wildman–Crippen LogP) is 2.51. The highest BCUT2D eigenvalue weighted by atomic mass is 19.4. The van der Waals surface area contributed by atoms with E-state index >= 15 is 0 Å². The Morgan fingerprint density at radius 1 is 1.38 bits per heavy atom. The first-order valence-corrected chi connectivity index (χ1v) is 4.70. The van der Waals surface area contributed by atoms with Crippen molar-refractivity contribution in [1.82, 2.24) is 0 Å². The number of aliphatic hydroxyl groups is 1. The number of ether oxygens (including phenoxy) is 1. The highest BCUT2D eigenvalue weighted by Crippen LogP contribution is 2.24. The van der Waals surface area contributed by atoms with E-state index in [0.717, 1.165) is 6.92 Å². The molecule has 0 aliphatic carbocycles. The summed E-state index contributed by atoms with van der Waals surface area (Å²) >= 11 is 0. The molecule has 2 nitrogen and oxygen atoms in total. The second kappa shape index (κ2) is 5.32. The Balaban J connectivity index is 2.60. The summed E-state index contributed by atoms with van der Waals surface area (Å²) in [6, 6.07) is 8.19. The smallest absolute Gasteiger partial charge is 0.381 e. The Kier molecular flexibility index (Phi) is 3.79. The first-order valence-electron chi connectivity index (χ1n) is 5.27. The van der Waals surface area contributed by atoms with Crippen LogP contribution in [0.25, 0.3) is 0 Å². The van der Waals surface area contributed by atoms with Crippen molar-refractivity contribution in [2.75, 3.05) is 0 Å². The van der Waals surface area contributed by atoms with Gasteiger partial charge in [-0.25, -0.2) is 0 Å². The van der Waals surface area contributed by atoms with Crippen LogP contribution in [0.5, 0.6) is 0 Å². The quantitative estimate of drug-likeness (QED) is 0.868. The zero-order valence-electron chi connectivity index (χ0n) is 9.61. The Hall–Kier alpha value is -1.07. The van der Waals surface area contributed by atoms with E-state index in [1.54, 1.807) is 30.3 Å². The van der Waals surface area contributed by atoms with Gasteiger partial charge >= 0.3 is 6.18 Å². The molecule has 0 fully saturated rings. The summed E-state index contributed by atoms with van der Waals surface area (Å²) in [5, 5.41) is 8.92. The minimum Gasteiger partial charge on any atom is -0.381 e. The average Bonchev–Trinajstić information content (AvgIpc) is 2.27. The van der Waals surface area contributed by atoms with E-state index in [-0.39, 0.29) is 0 Å². The number of benzene rings is 1. The molecule has 1 N–H and O–H groups in total. The molecular weight excluding hydrogens is 221 g/mol. The largest absolute Gasteiger partial charge is 0.416 e. The third kappa shape index (κ3) is 3.83. The standard InChI is InChI=1S/C11H13F3O2/c1-8(10(15)11(12,13)14)16-7-9-5-3-2-4-6-9/h2-6,8,10,15H,7H2,1H3/t8-,10-/m0/s1/i7D/t7?,8-,10-. The van der Waals surface area contributed by atoms with Crippen molar-refractivity contribution in [3.63, 3.8) is 0 Å². The molecule has 0 spiro atoms. The van der Waals surface area contributed by atoms with Gasteiger partial charge < -0.3 is 9.84 Å². The SMILES string of the molecule is [2H]C(O[C@@H](C)[C@H](O)C(F)(F)F)c1ccccc1. The van der Waals surface area contributed by atoms with Gasteiger partial charge in [-0.05, 0) is 12.5 Å². The molecule has 0 saturated carbocycles. The fourth-order valence-corrected chi connectivity index (χ4v) is 1.06. The van der Waals surface area contributed by atoms with Gasteiger partial charge in [0.1, 0.15) is 0 Å². The van der Waals surface area contributed by atoms with E-state index in [9.17, 15) is 13.2 Å². The predicted molar refractivity (Wildman–Crippen MR) is 52.8 cm³/mol. The number of alkyl halides is 3. The molecule has 3 atom stereocenters. The summed E-state index contributed by atoms with van der Waals surface area (Å²) in [6.45, 7) is -0.161. The summed E-state index contributed by atoms with van der Waals surface area (Å²) in [6.07, 6.45) is -8.81. The number of rotatable bonds is 4. The minimum atomic E-state index is -4.74. The molecule has 0 bridgehead atoms. The molecule has 90 valence electrons. The molecule has 0 aromatic heterocycles. The second-order valence-corrected chi connectivity index (χ2v) is 3.36. The van der Waals surface area contributed by atoms with Crippen LogP contribution in [0.2, 0.25) is 0 Å². The summed E-state index contributed by atoms with van der Waals surface area (Å²) in [4.78, 5) is 0. The van der Waals surface area contributed by atoms with E-state index in [1.807, 2.05) is 0 Å². The molecule has 1 rings (SSSR count). The van der Waals surface area contributed by atoms with Crippen LogP contribution in [0.15, 0.2) is 30.3 Å². The average molecular weight is 235 g/mol. The lowest BCUT2D eigenvalue weighted by Crippen LogP contribution is -2.39. The van der Waals surface area contributed by atoms with Crippen LogP contribution < -0.4 is 0 Å². The van der Waals surface area contributed by atoms with Gasteiger partial charge in [0, 0.05) is 0 Å². The molecule has 0 aliphatic rings. The van der Waals surface area contributed by atoms with E-state index in [1.165, 1.54) is 0 Å². The van der Waals surface area contributed by atoms with Crippen LogP contribution in [0, 0.1) is 0 Å². The molecule has 5 heteroatoms. The lowest BCUT2D eigenvalue weighted by molar-refractivity contribution is -0.235. The van der Waals surface area contributed by atoms with Crippen LogP contribution in [-0.4, -0.2) is 23.5 Å². The zero-order valence-corrected chi connectivity index (χ0v) is 8.61. The second-order valence-electron chi connectivity index (χ2n) is 3.36. The molecule has 1 aromatic carbocycles. The fraction of sp³-hybridized carbons (Fsp3) is 0.455. The summed E-state index contributed by atoms with van der Waals surface area (Å²) in [5.41, 5.74) is 0.439. The molecule has 1 aromatic rings. The monoisotopic (exact) mass is 235 g/mol. The lowest BCUT2D eigenvalue weighted by Gasteiger charge is -2.21. The van der Waals surface area contributed by atoms with Crippen LogP contribution in [-0.2, 0) is 11.3 Å². The van der Waals surface area contributed by atoms with Crippen molar-refractivity contribution in [2.45, 2.75) is 31.9 Å². The molecule has 16 heavy (non-hydrogen) atoms. The van der Waals surface area contributed by atoms with Crippen molar-refractivity contribution in [1.29, 1.82) is 0 Å². The number of aliphatic hydroxyl groups excluding tert-OH is 1. The van der Waals surface area contributed by atoms with Gasteiger partial charge in [-0.1, -0.05) is 30.3 Å². The van der Waals surface area contributed by atoms with Crippen LogP contribution in [0.3, 0.4) is 0 Å². The van der Waals surface area contributed by atoms with Gasteiger partial charge in [-0.2, -0.15) is 13.2 Å². The third-order valence-corrected chi connectivity index (χ3v) is 2.00. The number of halogens is 3. The van der Waals surface area contributed by atoms with E-state index < -0.39 is 25.0 Å². The molecule has 0 aliphatic heterocycles. The maximum Gasteiger partial charge on any atom is 0.416 e. The summed E-state index contributed by atoms with van der Waals surface area (Å²) in [7, 11) is 0. The Labute approximate surface area is 93.1 Å². The topological polar surface area (TPSA) is 29.5 Å². The third-order valence-electron chi connectivity index (χ3n) is 2.00. The highest BCUT2D eigenvalue weighted by molar-refractivity contribution is 5.13. The lowest BCUT2D eigenvalue weighted by atomic mass is 10.2. The molecule has 0 radical (unpaired) electrons. The van der Waals surface area contributed by atoms with Crippen molar-refractivity contribution >= 4 is 0 Å². The van der Waals surface area contributed by atoms with Crippen molar-refractivity contribution in [3.05, 3.63) is 35.9 Å². The van der Waals surface area contributed by atoms with Crippen LogP contribution >= 0.6 is 0 Å². The molecule has 1 unspecified atom stereocenters. The molecule has 0 heterocycles. The van der Waals surface area contributed by atoms with Gasteiger partial charge in [0.2, 0.25) is 0 Å². The maximum absolute atomic E-state index is 12.2. The Morgan fingerprint density at radius 3 is 2.44 bits per heavy atom. The number of hydrogen-bond acceptors (Lipinski definition) is 2. The highest BCUT2D eigenvalue weighted by Gasteiger charge is 2.42. The van der Waals surface area contributed by atoms with Crippen LogP contribution in [0.1, 0.15) is 13.9 Å². The number of hydrogen-bond donors (Lipinski definition) is 1. The van der Waals surface area contributed by atoms with Crippen molar-refractivity contribution in [3.8, 4) is 0 Å². The molecule has 0 saturated heterocycles. The van der Waals surface area contributed by atoms with E-state index in [4.69, 9.17) is 11.2 Å². The first kappa shape index (κ1) is 11.4. The Morgan fingerprint density at radius 2 is 1.94 bits per heavy atom. The molecular formula is C11H13F3O2. The fourth-order valence-electron chi connectivity index (χ4n) is 1.06. The van der Waals surface area contributed by atoms with E-state index in [0.29, 0.717) is 5.56 Å². The summed E-state index contributed by atoms with van der Waals surface area (Å²) in [5.74, 6) is 0. The first-order chi connectivity index (χ1) is 7.82. The van der Waals surface area contributed by atoms with Crippen LogP contribution in [0.4, 0.5) is 13.2 Å². The molecule has 0 amide bonds. The maximum atomic E-state index is 12.2. The summed E-state index contributed by atoms with van der Waals surface area (Å²) < 4.78 is 48.8. The van der Waals surface area contributed by atoms with Gasteiger partial charge in [-0.15, -0.1) is 0 Å². The minimum absolute atomic E-state index is 0.439. The Bertz CT molecular complexity index is 342. The van der Waals surface area contributed by atoms with Crippen molar-refractivity contribution in [2.24, 2.45) is 0 Å². The van der Waals surface area contributed by atoms with Gasteiger partial charge in [0.05, 0.1) is 14.1 Å². The van der Waals surface area contributed by atoms with Crippen molar-refractivity contribution < 1.29 is 24.4 Å². The van der Waals surface area contributed by atoms with Gasteiger partial charge in [0.25, 0.3) is 0 Å². The zero-order chi connectivity index (χ0) is 13.1. The van der Waals surface area contributed by atoms with E-state index in [2.05, 4.69) is 0 Å². The van der Waals surface area contributed by atoms with Gasteiger partial charge in [0.15, 0.2) is 6.10 Å². The normalized spacial score (nSPS) is 18.7.